The van der Waals surface area contributed by atoms with Crippen molar-refractivity contribution in [3.8, 4) is 22.3 Å². The van der Waals surface area contributed by atoms with Crippen LogP contribution in [0, 0.1) is 0 Å². The van der Waals surface area contributed by atoms with Crippen LogP contribution in [-0.4, -0.2) is 12.3 Å². The normalized spacial score (nSPS) is 13.2. The van der Waals surface area contributed by atoms with Crippen LogP contribution in [0.3, 0.4) is 0 Å². The first-order valence-electron chi connectivity index (χ1n) is 10.2. The van der Waals surface area contributed by atoms with E-state index < -0.39 is 0 Å². The molecule has 0 saturated carbocycles. The zero-order valence-corrected chi connectivity index (χ0v) is 16.6. The van der Waals surface area contributed by atoms with Gasteiger partial charge in [0.05, 0.1) is 24.2 Å². The van der Waals surface area contributed by atoms with Crippen LogP contribution in [0.2, 0.25) is 0 Å². The molecule has 0 aromatic heterocycles. The Balaban J connectivity index is 1.33. The van der Waals surface area contributed by atoms with Crippen LogP contribution in [0.1, 0.15) is 11.1 Å². The molecule has 0 atom stereocenters. The first-order chi connectivity index (χ1) is 14.9. The van der Waals surface area contributed by atoms with Crippen molar-refractivity contribution >= 4 is 11.4 Å². The van der Waals surface area contributed by atoms with Crippen molar-refractivity contribution in [3.05, 3.63) is 127 Å². The van der Waals surface area contributed by atoms with E-state index in [0.717, 1.165) is 29.1 Å². The van der Waals surface area contributed by atoms with Gasteiger partial charge in [0.25, 0.3) is 0 Å². The van der Waals surface area contributed by atoms with E-state index in [1.807, 2.05) is 18.3 Å². The van der Waals surface area contributed by atoms with Gasteiger partial charge in [0.15, 0.2) is 0 Å². The van der Waals surface area contributed by atoms with Crippen LogP contribution in [0.5, 0.6) is 0 Å². The Morgan fingerprint density at radius 1 is 0.467 bits per heavy atom. The topological polar surface area (TPSA) is 24.4 Å². The van der Waals surface area contributed by atoms with Crippen molar-refractivity contribution < 1.29 is 0 Å². The van der Waals surface area contributed by atoms with Crippen LogP contribution >= 0.6 is 0 Å². The smallest absolute Gasteiger partial charge is 0.0667 e. The maximum absolute atomic E-state index is 4.73. The van der Waals surface area contributed by atoms with E-state index in [1.54, 1.807) is 0 Å². The Morgan fingerprint density at radius 2 is 0.900 bits per heavy atom. The van der Waals surface area contributed by atoms with Crippen molar-refractivity contribution in [3.63, 3.8) is 0 Å². The van der Waals surface area contributed by atoms with E-state index in [4.69, 9.17) is 4.99 Å². The lowest BCUT2D eigenvalue weighted by Crippen LogP contribution is -2.25. The third-order valence-corrected chi connectivity index (χ3v) is 5.42. The van der Waals surface area contributed by atoms with E-state index in [-0.39, 0.29) is 0 Å². The summed E-state index contributed by atoms with van der Waals surface area (Å²) in [5.41, 5.74) is 9.31. The van der Waals surface area contributed by atoms with Crippen molar-refractivity contribution in [1.82, 2.24) is 5.32 Å². The SMILES string of the molecule is C1=C(c2ccc(-c3ccccc3)cc2)NCC(c2ccc(-c3ccccc3)cc2)=N1. The molecule has 1 N–H and O–H groups in total. The Labute approximate surface area is 177 Å². The number of hydrogen-bond donors (Lipinski definition) is 1. The fourth-order valence-corrected chi connectivity index (χ4v) is 3.72. The Kier molecular flexibility index (Phi) is 4.97. The van der Waals surface area contributed by atoms with Gasteiger partial charge >= 0.3 is 0 Å². The summed E-state index contributed by atoms with van der Waals surface area (Å²) in [7, 11) is 0. The van der Waals surface area contributed by atoms with Gasteiger partial charge < -0.3 is 5.32 Å². The average molecular weight is 386 g/mol. The first kappa shape index (κ1) is 18.1. The Bertz CT molecular complexity index is 1090. The standard InChI is InChI=1S/C28H22N2/c1-3-7-21(8-4-1)23-11-15-25(16-12-23)27-19-30-28(20-29-27)26-17-13-24(14-18-26)22-9-5-2-6-10-22/h1-19,29H,20H2. The van der Waals surface area contributed by atoms with Crippen LogP contribution < -0.4 is 5.32 Å². The predicted molar refractivity (Wildman–Crippen MR) is 126 cm³/mol. The number of benzene rings is 4. The van der Waals surface area contributed by atoms with E-state index in [2.05, 4.69) is 102 Å². The third kappa shape index (κ3) is 3.81. The molecule has 2 heteroatoms. The van der Waals surface area contributed by atoms with Gasteiger partial charge in [-0.3, -0.25) is 4.99 Å². The minimum absolute atomic E-state index is 0.719. The molecule has 0 saturated heterocycles. The van der Waals surface area contributed by atoms with Gasteiger partial charge in [-0.05, 0) is 33.4 Å². The number of rotatable bonds is 4. The molecule has 144 valence electrons. The van der Waals surface area contributed by atoms with Gasteiger partial charge in [-0.2, -0.15) is 0 Å². The van der Waals surface area contributed by atoms with E-state index in [9.17, 15) is 0 Å². The zero-order chi connectivity index (χ0) is 20.2. The highest BCUT2D eigenvalue weighted by Gasteiger charge is 2.11. The highest BCUT2D eigenvalue weighted by Crippen LogP contribution is 2.23. The molecule has 0 fully saturated rings. The molecule has 1 aliphatic rings. The maximum Gasteiger partial charge on any atom is 0.0667 e. The Hall–Kier alpha value is -3.91. The van der Waals surface area contributed by atoms with E-state index in [1.165, 1.54) is 22.3 Å². The second-order valence-corrected chi connectivity index (χ2v) is 7.36. The molecule has 5 rings (SSSR count). The zero-order valence-electron chi connectivity index (χ0n) is 16.6. The highest BCUT2D eigenvalue weighted by molar-refractivity contribution is 6.04. The molecule has 0 radical (unpaired) electrons. The lowest BCUT2D eigenvalue weighted by atomic mass is 10.0. The maximum atomic E-state index is 4.73. The minimum Gasteiger partial charge on any atom is -0.378 e. The molecule has 4 aromatic rings. The summed E-state index contributed by atoms with van der Waals surface area (Å²) in [6, 6.07) is 38.1. The van der Waals surface area contributed by atoms with Crippen molar-refractivity contribution in [2.24, 2.45) is 4.99 Å². The molecule has 30 heavy (non-hydrogen) atoms. The van der Waals surface area contributed by atoms with Crippen LogP contribution in [0.4, 0.5) is 0 Å². The van der Waals surface area contributed by atoms with Crippen molar-refractivity contribution in [2.45, 2.75) is 0 Å². The summed E-state index contributed by atoms with van der Waals surface area (Å²) in [5, 5.41) is 3.52. The largest absolute Gasteiger partial charge is 0.378 e. The lowest BCUT2D eigenvalue weighted by Gasteiger charge is -2.17. The first-order valence-corrected chi connectivity index (χ1v) is 10.2. The van der Waals surface area contributed by atoms with Crippen molar-refractivity contribution in [1.29, 1.82) is 0 Å². The summed E-state index contributed by atoms with van der Waals surface area (Å²) >= 11 is 0. The average Bonchev–Trinajstić information content (AvgIpc) is 2.85. The van der Waals surface area contributed by atoms with E-state index >= 15 is 0 Å². The Morgan fingerprint density at radius 3 is 1.37 bits per heavy atom. The minimum atomic E-state index is 0.719. The summed E-state index contributed by atoms with van der Waals surface area (Å²) in [5.74, 6) is 0. The molecule has 1 aliphatic heterocycles. The van der Waals surface area contributed by atoms with Gasteiger partial charge in [0.1, 0.15) is 0 Å². The highest BCUT2D eigenvalue weighted by atomic mass is 15.0. The van der Waals surface area contributed by atoms with Crippen LogP contribution in [0.15, 0.2) is 120 Å². The van der Waals surface area contributed by atoms with Crippen LogP contribution in [0.25, 0.3) is 28.0 Å². The molecule has 4 aromatic carbocycles. The predicted octanol–water partition coefficient (Wildman–Crippen LogP) is 6.41. The molecule has 0 aliphatic carbocycles. The second kappa shape index (κ2) is 8.22. The molecule has 0 spiro atoms. The summed E-state index contributed by atoms with van der Waals surface area (Å²) in [4.78, 5) is 4.73. The fraction of sp³-hybridized carbons (Fsp3) is 0.0357. The second-order valence-electron chi connectivity index (χ2n) is 7.36. The summed E-state index contributed by atoms with van der Waals surface area (Å²) in [6.07, 6.45) is 1.93. The molecule has 2 nitrogen and oxygen atoms in total. The molecule has 1 heterocycles. The lowest BCUT2D eigenvalue weighted by molar-refractivity contribution is 1.01. The van der Waals surface area contributed by atoms with E-state index in [0.29, 0.717) is 0 Å². The van der Waals surface area contributed by atoms with Crippen molar-refractivity contribution in [2.75, 3.05) is 6.54 Å². The van der Waals surface area contributed by atoms with Gasteiger partial charge in [-0.1, -0.05) is 109 Å². The molecule has 0 amide bonds. The van der Waals surface area contributed by atoms with Gasteiger partial charge in [0, 0.05) is 0 Å². The molecule has 0 unspecified atom stereocenters. The van der Waals surface area contributed by atoms with Gasteiger partial charge in [-0.15, -0.1) is 0 Å². The molecular weight excluding hydrogens is 364 g/mol. The quantitative estimate of drug-likeness (QED) is 0.430. The molecular formula is C28H22N2. The van der Waals surface area contributed by atoms with Gasteiger partial charge in [-0.25, -0.2) is 0 Å². The van der Waals surface area contributed by atoms with Gasteiger partial charge in [0.2, 0.25) is 0 Å². The summed E-state index contributed by atoms with van der Waals surface area (Å²) < 4.78 is 0. The fourth-order valence-electron chi connectivity index (χ4n) is 3.72. The summed E-state index contributed by atoms with van der Waals surface area (Å²) in [6.45, 7) is 0.719. The number of aliphatic imine (C=N–C) groups is 1. The number of nitrogens with one attached hydrogen (secondary N) is 1. The van der Waals surface area contributed by atoms with Crippen LogP contribution in [-0.2, 0) is 0 Å². The number of nitrogens with zero attached hydrogens (tertiary/aromatic N) is 1. The number of hydrogen-bond acceptors (Lipinski definition) is 2. The third-order valence-electron chi connectivity index (χ3n) is 5.42. The monoisotopic (exact) mass is 386 g/mol. The molecule has 0 bridgehead atoms.